The van der Waals surface area contributed by atoms with Crippen molar-refractivity contribution in [3.63, 3.8) is 0 Å². The lowest BCUT2D eigenvalue weighted by molar-refractivity contribution is 0.135. The Hall–Kier alpha value is -0.120. The summed E-state index contributed by atoms with van der Waals surface area (Å²) in [5.74, 6) is 1.85. The van der Waals surface area contributed by atoms with Crippen molar-refractivity contribution in [1.82, 2.24) is 15.5 Å². The first-order chi connectivity index (χ1) is 8.29. The van der Waals surface area contributed by atoms with E-state index in [9.17, 15) is 0 Å². The lowest BCUT2D eigenvalue weighted by Gasteiger charge is -2.37. The molecule has 0 aliphatic carbocycles. The molecule has 3 heteroatoms. The molecule has 2 saturated heterocycles. The van der Waals surface area contributed by atoms with Gasteiger partial charge in [-0.25, -0.2) is 0 Å². The van der Waals surface area contributed by atoms with Crippen molar-refractivity contribution < 1.29 is 0 Å². The first kappa shape index (κ1) is 13.3. The molecule has 2 aliphatic heterocycles. The standard InChI is InChI=1S/C14H29N3/c1-12(15-2)14-5-9-17(10-6-14)11-13-3-7-16-8-4-13/h12-16H,3-11H2,1-2H3. The Bertz CT molecular complexity index is 206. The molecular weight excluding hydrogens is 210 g/mol. The molecule has 3 nitrogen and oxygen atoms in total. The van der Waals surface area contributed by atoms with E-state index >= 15 is 0 Å². The maximum Gasteiger partial charge on any atom is 0.00649 e. The van der Waals surface area contributed by atoms with Crippen LogP contribution in [0.5, 0.6) is 0 Å². The first-order valence-corrected chi connectivity index (χ1v) is 7.40. The Morgan fingerprint density at radius 1 is 1.18 bits per heavy atom. The normalized spacial score (nSPS) is 27.2. The quantitative estimate of drug-likeness (QED) is 0.774. The Kier molecular flexibility index (Phi) is 5.26. The van der Waals surface area contributed by atoms with Gasteiger partial charge in [-0.1, -0.05) is 0 Å². The fourth-order valence-corrected chi connectivity index (χ4v) is 3.30. The number of nitrogens with zero attached hydrogens (tertiary/aromatic N) is 1. The molecule has 0 radical (unpaired) electrons. The van der Waals surface area contributed by atoms with Crippen molar-refractivity contribution in [2.45, 2.75) is 38.6 Å². The Morgan fingerprint density at radius 2 is 1.82 bits per heavy atom. The maximum atomic E-state index is 3.45. The SMILES string of the molecule is CNC(C)C1CCN(CC2CCNCC2)CC1. The third-order valence-corrected chi connectivity index (χ3v) is 4.77. The molecule has 0 saturated carbocycles. The van der Waals surface area contributed by atoms with Crippen LogP contribution in [0.4, 0.5) is 0 Å². The van der Waals surface area contributed by atoms with Crippen molar-refractivity contribution in [3.8, 4) is 0 Å². The number of rotatable bonds is 4. The average molecular weight is 239 g/mol. The molecule has 1 atom stereocenters. The topological polar surface area (TPSA) is 27.3 Å². The second-order valence-electron chi connectivity index (χ2n) is 5.91. The van der Waals surface area contributed by atoms with Crippen molar-refractivity contribution >= 4 is 0 Å². The van der Waals surface area contributed by atoms with E-state index in [1.54, 1.807) is 0 Å². The summed E-state index contributed by atoms with van der Waals surface area (Å²) in [6.45, 7) is 8.78. The zero-order valence-electron chi connectivity index (χ0n) is 11.5. The minimum absolute atomic E-state index is 0.691. The van der Waals surface area contributed by atoms with Gasteiger partial charge in [0.15, 0.2) is 0 Å². The minimum Gasteiger partial charge on any atom is -0.317 e. The van der Waals surface area contributed by atoms with Crippen LogP contribution < -0.4 is 10.6 Å². The number of nitrogens with one attached hydrogen (secondary N) is 2. The Balaban J connectivity index is 1.67. The highest BCUT2D eigenvalue weighted by Gasteiger charge is 2.24. The van der Waals surface area contributed by atoms with Crippen LogP contribution in [-0.4, -0.2) is 50.7 Å². The molecule has 1 unspecified atom stereocenters. The van der Waals surface area contributed by atoms with Crippen LogP contribution in [-0.2, 0) is 0 Å². The fraction of sp³-hybridized carbons (Fsp3) is 1.00. The van der Waals surface area contributed by atoms with Crippen LogP contribution in [0.1, 0.15) is 32.6 Å². The van der Waals surface area contributed by atoms with Gasteiger partial charge < -0.3 is 15.5 Å². The van der Waals surface area contributed by atoms with Gasteiger partial charge in [0.1, 0.15) is 0 Å². The van der Waals surface area contributed by atoms with E-state index in [1.165, 1.54) is 58.4 Å². The van der Waals surface area contributed by atoms with Gasteiger partial charge in [-0.15, -0.1) is 0 Å². The third kappa shape index (κ3) is 3.94. The summed E-state index contributed by atoms with van der Waals surface area (Å²) in [6, 6.07) is 0.691. The fourth-order valence-electron chi connectivity index (χ4n) is 3.30. The van der Waals surface area contributed by atoms with Crippen molar-refractivity contribution in [2.24, 2.45) is 11.8 Å². The molecule has 2 heterocycles. The van der Waals surface area contributed by atoms with Crippen LogP contribution in [0.25, 0.3) is 0 Å². The summed E-state index contributed by atoms with van der Waals surface area (Å²) in [5.41, 5.74) is 0. The Labute approximate surface area is 106 Å². The van der Waals surface area contributed by atoms with Gasteiger partial charge in [-0.2, -0.15) is 0 Å². The number of likely N-dealkylation sites (tertiary alicyclic amines) is 1. The summed E-state index contributed by atoms with van der Waals surface area (Å²) in [5, 5.41) is 6.86. The van der Waals surface area contributed by atoms with Gasteiger partial charge in [0.2, 0.25) is 0 Å². The zero-order valence-corrected chi connectivity index (χ0v) is 11.5. The summed E-state index contributed by atoms with van der Waals surface area (Å²) in [4.78, 5) is 2.70. The highest BCUT2D eigenvalue weighted by molar-refractivity contribution is 4.80. The third-order valence-electron chi connectivity index (χ3n) is 4.77. The molecule has 2 aliphatic rings. The molecule has 0 aromatic rings. The van der Waals surface area contributed by atoms with E-state index in [0.29, 0.717) is 6.04 Å². The average Bonchev–Trinajstić information content (AvgIpc) is 2.40. The molecular formula is C14H29N3. The second-order valence-corrected chi connectivity index (χ2v) is 5.91. The molecule has 0 bridgehead atoms. The van der Waals surface area contributed by atoms with Gasteiger partial charge in [0, 0.05) is 12.6 Å². The van der Waals surface area contributed by atoms with Crippen LogP contribution in [0, 0.1) is 11.8 Å². The van der Waals surface area contributed by atoms with Gasteiger partial charge in [0.25, 0.3) is 0 Å². The number of hydrogen-bond donors (Lipinski definition) is 2. The summed E-state index contributed by atoms with van der Waals surface area (Å²) < 4.78 is 0. The molecule has 0 spiro atoms. The van der Waals surface area contributed by atoms with Gasteiger partial charge >= 0.3 is 0 Å². The molecule has 2 fully saturated rings. The lowest BCUT2D eigenvalue weighted by atomic mass is 9.89. The molecule has 0 aromatic carbocycles. The molecule has 0 aromatic heterocycles. The molecule has 2 N–H and O–H groups in total. The zero-order chi connectivity index (χ0) is 12.1. The minimum atomic E-state index is 0.691. The van der Waals surface area contributed by atoms with Gasteiger partial charge in [-0.3, -0.25) is 0 Å². The van der Waals surface area contributed by atoms with Crippen LogP contribution >= 0.6 is 0 Å². The van der Waals surface area contributed by atoms with Crippen LogP contribution in [0.2, 0.25) is 0 Å². The summed E-state index contributed by atoms with van der Waals surface area (Å²) in [7, 11) is 2.09. The molecule has 17 heavy (non-hydrogen) atoms. The van der Waals surface area contributed by atoms with Crippen molar-refractivity contribution in [2.75, 3.05) is 39.8 Å². The predicted octanol–water partition coefficient (Wildman–Crippen LogP) is 1.31. The van der Waals surface area contributed by atoms with Crippen molar-refractivity contribution in [3.05, 3.63) is 0 Å². The monoisotopic (exact) mass is 239 g/mol. The number of piperidine rings is 2. The van der Waals surface area contributed by atoms with E-state index in [1.807, 2.05) is 0 Å². The first-order valence-electron chi connectivity index (χ1n) is 7.40. The lowest BCUT2D eigenvalue weighted by Crippen LogP contribution is -2.43. The molecule has 100 valence electrons. The van der Waals surface area contributed by atoms with E-state index in [-0.39, 0.29) is 0 Å². The second kappa shape index (κ2) is 6.72. The smallest absolute Gasteiger partial charge is 0.00649 e. The maximum absolute atomic E-state index is 3.45. The van der Waals surface area contributed by atoms with E-state index in [0.717, 1.165) is 11.8 Å². The Morgan fingerprint density at radius 3 is 2.41 bits per heavy atom. The van der Waals surface area contributed by atoms with Crippen LogP contribution in [0.3, 0.4) is 0 Å². The highest BCUT2D eigenvalue weighted by atomic mass is 15.1. The van der Waals surface area contributed by atoms with Crippen molar-refractivity contribution in [1.29, 1.82) is 0 Å². The summed E-state index contributed by atoms with van der Waals surface area (Å²) >= 11 is 0. The van der Waals surface area contributed by atoms with Gasteiger partial charge in [0.05, 0.1) is 0 Å². The highest BCUT2D eigenvalue weighted by Crippen LogP contribution is 2.22. The summed E-state index contributed by atoms with van der Waals surface area (Å²) in [6.07, 6.45) is 5.53. The molecule has 2 rings (SSSR count). The predicted molar refractivity (Wildman–Crippen MR) is 73.3 cm³/mol. The molecule has 0 amide bonds. The van der Waals surface area contributed by atoms with E-state index < -0.39 is 0 Å². The largest absolute Gasteiger partial charge is 0.317 e. The van der Waals surface area contributed by atoms with Gasteiger partial charge in [-0.05, 0) is 77.7 Å². The van der Waals surface area contributed by atoms with E-state index in [4.69, 9.17) is 0 Å². The van der Waals surface area contributed by atoms with E-state index in [2.05, 4.69) is 29.5 Å². The van der Waals surface area contributed by atoms with Crippen LogP contribution in [0.15, 0.2) is 0 Å². The number of hydrogen-bond acceptors (Lipinski definition) is 3.